The summed E-state index contributed by atoms with van der Waals surface area (Å²) in [5.74, 6) is -3.57. The summed E-state index contributed by atoms with van der Waals surface area (Å²) < 4.78 is 16.6. The average Bonchev–Trinajstić information content (AvgIpc) is 3.45. The highest BCUT2D eigenvalue weighted by Gasteiger charge is 2.36. The van der Waals surface area contributed by atoms with Crippen molar-refractivity contribution in [2.75, 3.05) is 18.4 Å². The van der Waals surface area contributed by atoms with Crippen LogP contribution < -0.4 is 15.6 Å². The lowest BCUT2D eigenvalue weighted by atomic mass is 9.96. The van der Waals surface area contributed by atoms with Gasteiger partial charge in [-0.05, 0) is 31.0 Å². The maximum atomic E-state index is 13.6. The van der Waals surface area contributed by atoms with Crippen LogP contribution in [0.3, 0.4) is 0 Å². The smallest absolute Gasteiger partial charge is 0.450 e. The standard InChI is InChI=1S/C26H27Cl2N5O8/c1-4-26(2,41-25(37)38)40-20-19(22(34)30-16-11-29-39-13-16)31-21(32(3)24(20)36)15-6-5-9-33(12-15)23(35)14-7-8-17(27)18(28)10-14/h7-8,10-11,13,15H,4-6,9,12H2,1-3H3,(H,30,34)(H,37,38). The third-order valence-electron chi connectivity index (χ3n) is 6.69. The van der Waals surface area contributed by atoms with Crippen LogP contribution in [0.1, 0.15) is 65.7 Å². The minimum atomic E-state index is -1.79. The van der Waals surface area contributed by atoms with E-state index in [-0.39, 0.29) is 35.4 Å². The number of carboxylic acid groups (broad SMARTS) is 1. The molecule has 1 aliphatic heterocycles. The van der Waals surface area contributed by atoms with Crippen LogP contribution in [-0.4, -0.2) is 61.6 Å². The van der Waals surface area contributed by atoms with E-state index in [0.717, 1.165) is 0 Å². The fraction of sp³-hybridized carbons (Fsp3) is 0.385. The quantitative estimate of drug-likeness (QED) is 0.274. The highest BCUT2D eigenvalue weighted by molar-refractivity contribution is 6.42. The zero-order valence-corrected chi connectivity index (χ0v) is 23.9. The van der Waals surface area contributed by atoms with Gasteiger partial charge in [0.1, 0.15) is 17.8 Å². The Hall–Kier alpha value is -4.10. The van der Waals surface area contributed by atoms with Gasteiger partial charge < -0.3 is 29.3 Å². The molecule has 15 heteroatoms. The van der Waals surface area contributed by atoms with Gasteiger partial charge in [-0.15, -0.1) is 0 Å². The molecule has 1 saturated heterocycles. The molecule has 3 heterocycles. The first-order valence-corrected chi connectivity index (χ1v) is 13.3. The van der Waals surface area contributed by atoms with E-state index >= 15 is 0 Å². The number of likely N-dealkylation sites (tertiary alicyclic amines) is 1. The van der Waals surface area contributed by atoms with Crippen LogP contribution in [0.15, 0.2) is 40.0 Å². The maximum absolute atomic E-state index is 13.6. The fourth-order valence-corrected chi connectivity index (χ4v) is 4.71. The van der Waals surface area contributed by atoms with Crippen LogP contribution in [0.2, 0.25) is 10.0 Å². The van der Waals surface area contributed by atoms with E-state index in [2.05, 4.69) is 15.5 Å². The van der Waals surface area contributed by atoms with Crippen molar-refractivity contribution in [1.82, 2.24) is 19.6 Å². The van der Waals surface area contributed by atoms with Crippen molar-refractivity contribution in [2.45, 2.75) is 44.8 Å². The van der Waals surface area contributed by atoms with Gasteiger partial charge in [-0.1, -0.05) is 35.3 Å². The largest absolute Gasteiger partial charge is 0.509 e. The van der Waals surface area contributed by atoms with Gasteiger partial charge in [0.25, 0.3) is 23.2 Å². The number of nitrogens with one attached hydrogen (secondary N) is 1. The Morgan fingerprint density at radius 3 is 2.66 bits per heavy atom. The monoisotopic (exact) mass is 607 g/mol. The molecule has 218 valence electrons. The summed E-state index contributed by atoms with van der Waals surface area (Å²) in [7, 11) is 1.46. The van der Waals surface area contributed by atoms with E-state index in [4.69, 9.17) is 37.2 Å². The average molecular weight is 608 g/mol. The zero-order chi connectivity index (χ0) is 29.9. The third-order valence-corrected chi connectivity index (χ3v) is 7.43. The Morgan fingerprint density at radius 1 is 1.27 bits per heavy atom. The summed E-state index contributed by atoms with van der Waals surface area (Å²) in [6.07, 6.45) is 2.00. The second-order valence-corrected chi connectivity index (χ2v) is 10.4. The number of nitrogens with zero attached hydrogens (tertiary/aromatic N) is 4. The third kappa shape index (κ3) is 6.63. The Balaban J connectivity index is 1.72. The van der Waals surface area contributed by atoms with Crippen molar-refractivity contribution in [3.63, 3.8) is 0 Å². The first-order valence-electron chi connectivity index (χ1n) is 12.6. The number of carbonyl (C=O) groups excluding carboxylic acids is 2. The molecule has 1 aromatic carbocycles. The van der Waals surface area contributed by atoms with Gasteiger partial charge in [0.15, 0.2) is 5.69 Å². The molecule has 4 rings (SSSR count). The molecule has 2 aromatic heterocycles. The molecule has 1 aliphatic rings. The number of aromatic nitrogens is 3. The molecule has 0 radical (unpaired) electrons. The van der Waals surface area contributed by atoms with Crippen molar-refractivity contribution in [1.29, 1.82) is 0 Å². The van der Waals surface area contributed by atoms with Crippen LogP contribution in [0, 0.1) is 0 Å². The predicted octanol–water partition coefficient (Wildman–Crippen LogP) is 4.55. The van der Waals surface area contributed by atoms with Crippen LogP contribution in [0.25, 0.3) is 0 Å². The number of hydrogen-bond donors (Lipinski definition) is 2. The molecule has 0 spiro atoms. The highest BCUT2D eigenvalue weighted by Crippen LogP contribution is 2.30. The summed E-state index contributed by atoms with van der Waals surface area (Å²) in [5, 5.41) is 15.8. The number of carbonyl (C=O) groups is 3. The number of ether oxygens (including phenoxy) is 2. The van der Waals surface area contributed by atoms with Crippen LogP contribution in [-0.2, 0) is 11.8 Å². The minimum absolute atomic E-state index is 0.0192. The molecule has 2 unspecified atom stereocenters. The highest BCUT2D eigenvalue weighted by atomic mass is 35.5. The Morgan fingerprint density at radius 2 is 2.02 bits per heavy atom. The summed E-state index contributed by atoms with van der Waals surface area (Å²) in [6, 6.07) is 4.62. The molecule has 3 aromatic rings. The van der Waals surface area contributed by atoms with Gasteiger partial charge in [-0.3, -0.25) is 19.0 Å². The Labute approximate surface area is 243 Å². The van der Waals surface area contributed by atoms with E-state index < -0.39 is 40.8 Å². The fourth-order valence-electron chi connectivity index (χ4n) is 4.42. The molecule has 2 atom stereocenters. The van der Waals surface area contributed by atoms with Gasteiger partial charge in [0, 0.05) is 45.0 Å². The lowest BCUT2D eigenvalue weighted by Crippen LogP contribution is -2.43. The summed E-state index contributed by atoms with van der Waals surface area (Å²) in [5.41, 5.74) is -0.587. The van der Waals surface area contributed by atoms with Crippen LogP contribution >= 0.6 is 23.2 Å². The van der Waals surface area contributed by atoms with Crippen molar-refractivity contribution in [3.05, 3.63) is 68.1 Å². The number of benzene rings is 1. The SMILES string of the molecule is CCC(C)(OC(=O)O)Oc1c(C(=O)Nc2cnoc2)nc(C2CCCN(C(=O)c3ccc(Cl)c(Cl)c3)C2)n(C)c1=O. The molecule has 41 heavy (non-hydrogen) atoms. The van der Waals surface area contributed by atoms with Crippen molar-refractivity contribution >= 4 is 46.9 Å². The Kier molecular flexibility index (Phi) is 8.88. The van der Waals surface area contributed by atoms with E-state index in [0.29, 0.717) is 30.0 Å². The first kappa shape index (κ1) is 29.9. The topological polar surface area (TPSA) is 166 Å². The zero-order valence-electron chi connectivity index (χ0n) is 22.3. The molecular weight excluding hydrogens is 581 g/mol. The number of amides is 2. The second kappa shape index (κ2) is 12.2. The number of rotatable bonds is 8. The van der Waals surface area contributed by atoms with Gasteiger partial charge in [-0.25, -0.2) is 9.78 Å². The van der Waals surface area contributed by atoms with Crippen LogP contribution in [0.4, 0.5) is 10.5 Å². The number of hydrogen-bond acceptors (Lipinski definition) is 9. The van der Waals surface area contributed by atoms with E-state index in [1.165, 1.54) is 37.1 Å². The van der Waals surface area contributed by atoms with Crippen molar-refractivity contribution in [2.24, 2.45) is 7.05 Å². The molecule has 2 N–H and O–H groups in total. The summed E-state index contributed by atoms with van der Waals surface area (Å²) in [6.45, 7) is 3.59. The van der Waals surface area contributed by atoms with Gasteiger partial charge in [0.2, 0.25) is 5.75 Å². The summed E-state index contributed by atoms with van der Waals surface area (Å²) in [4.78, 5) is 57.6. The number of anilines is 1. The molecule has 1 fully saturated rings. The molecular formula is C26H27Cl2N5O8. The number of halogens is 2. The first-order chi connectivity index (χ1) is 19.4. The Bertz CT molecular complexity index is 1530. The minimum Gasteiger partial charge on any atom is -0.450 e. The lowest BCUT2D eigenvalue weighted by molar-refractivity contribution is -0.141. The molecule has 0 bridgehead atoms. The molecule has 13 nitrogen and oxygen atoms in total. The second-order valence-electron chi connectivity index (χ2n) is 9.56. The molecule has 2 amide bonds. The lowest BCUT2D eigenvalue weighted by Gasteiger charge is -2.33. The van der Waals surface area contributed by atoms with Crippen molar-refractivity contribution < 1.29 is 33.5 Å². The van der Waals surface area contributed by atoms with Gasteiger partial charge >= 0.3 is 6.16 Å². The molecule has 0 aliphatic carbocycles. The van der Waals surface area contributed by atoms with E-state index in [1.54, 1.807) is 24.0 Å². The maximum Gasteiger partial charge on any atom is 0.509 e. The van der Waals surface area contributed by atoms with Crippen LogP contribution in [0.5, 0.6) is 5.75 Å². The normalized spacial score (nSPS) is 16.5. The molecule has 0 saturated carbocycles. The number of piperidine rings is 1. The summed E-state index contributed by atoms with van der Waals surface area (Å²) >= 11 is 12.1. The van der Waals surface area contributed by atoms with Gasteiger partial charge in [0.05, 0.1) is 16.2 Å². The predicted molar refractivity (Wildman–Crippen MR) is 147 cm³/mol. The van der Waals surface area contributed by atoms with E-state index in [9.17, 15) is 24.3 Å². The van der Waals surface area contributed by atoms with Gasteiger partial charge in [-0.2, -0.15) is 0 Å². The van der Waals surface area contributed by atoms with E-state index in [1.807, 2.05) is 0 Å². The van der Waals surface area contributed by atoms with Crippen molar-refractivity contribution in [3.8, 4) is 5.75 Å².